The zero-order valence-electron chi connectivity index (χ0n) is 17.5. The van der Waals surface area contributed by atoms with Crippen molar-refractivity contribution in [3.05, 3.63) is 52.8 Å². The first-order valence-corrected chi connectivity index (χ1v) is 9.83. The Hall–Kier alpha value is -3.16. The van der Waals surface area contributed by atoms with Crippen LogP contribution < -0.4 is 0 Å². The molecule has 0 radical (unpaired) electrons. The van der Waals surface area contributed by atoms with Gasteiger partial charge >= 0.3 is 6.03 Å². The lowest BCUT2D eigenvalue weighted by Gasteiger charge is -2.41. The van der Waals surface area contributed by atoms with Crippen molar-refractivity contribution in [2.24, 2.45) is 4.99 Å². The number of aliphatic imine (C=N–C) groups is 1. The predicted molar refractivity (Wildman–Crippen MR) is 109 cm³/mol. The number of rotatable bonds is 3. The molecule has 2 aliphatic heterocycles. The highest BCUT2D eigenvalue weighted by Gasteiger charge is 2.52. The fourth-order valence-corrected chi connectivity index (χ4v) is 4.15. The van der Waals surface area contributed by atoms with E-state index in [1.165, 1.54) is 4.90 Å². The second-order valence-electron chi connectivity index (χ2n) is 7.72. The van der Waals surface area contributed by atoms with Crippen molar-refractivity contribution < 1.29 is 9.59 Å². The van der Waals surface area contributed by atoms with Crippen molar-refractivity contribution in [3.8, 4) is 0 Å². The SMILES string of the molecule is CCN1C(n2nc(C)cc2C)=NC2C1C(=O)N(Cc1cccc(C)c1)C(=O)N2C. The van der Waals surface area contributed by atoms with Crippen LogP contribution in [0.4, 0.5) is 4.79 Å². The lowest BCUT2D eigenvalue weighted by molar-refractivity contribution is -0.138. The fourth-order valence-electron chi connectivity index (χ4n) is 4.15. The summed E-state index contributed by atoms with van der Waals surface area (Å²) in [6.45, 7) is 8.70. The topological polar surface area (TPSA) is 74.0 Å². The van der Waals surface area contributed by atoms with Gasteiger partial charge in [0, 0.05) is 19.3 Å². The van der Waals surface area contributed by atoms with E-state index in [0.29, 0.717) is 12.5 Å². The Balaban J connectivity index is 1.69. The average Bonchev–Trinajstić information content (AvgIpc) is 3.22. The number of aromatic nitrogens is 2. The molecule has 2 aliphatic rings. The molecular weight excluding hydrogens is 368 g/mol. The number of hydrogen-bond donors (Lipinski definition) is 0. The van der Waals surface area contributed by atoms with Crippen LogP contribution in [0.1, 0.15) is 29.4 Å². The molecule has 3 amide bonds. The van der Waals surface area contributed by atoms with Crippen LogP contribution in [-0.2, 0) is 11.3 Å². The van der Waals surface area contributed by atoms with E-state index in [1.807, 2.05) is 62.9 Å². The van der Waals surface area contributed by atoms with Gasteiger partial charge in [-0.3, -0.25) is 9.69 Å². The Morgan fingerprint density at radius 2 is 1.86 bits per heavy atom. The van der Waals surface area contributed by atoms with Crippen molar-refractivity contribution in [1.82, 2.24) is 24.5 Å². The number of nitrogens with zero attached hydrogens (tertiary/aromatic N) is 6. The molecule has 2 atom stereocenters. The number of fused-ring (bicyclic) bond motifs is 1. The van der Waals surface area contributed by atoms with Crippen molar-refractivity contribution in [2.45, 2.75) is 46.4 Å². The van der Waals surface area contributed by atoms with Gasteiger partial charge in [-0.25, -0.2) is 14.5 Å². The van der Waals surface area contributed by atoms with Crippen molar-refractivity contribution in [1.29, 1.82) is 0 Å². The van der Waals surface area contributed by atoms with Gasteiger partial charge in [-0.2, -0.15) is 5.10 Å². The molecule has 29 heavy (non-hydrogen) atoms. The minimum Gasteiger partial charge on any atom is -0.325 e. The standard InChI is InChI=1S/C21H26N6O2/c1-6-25-17-18(22-20(25)27-15(4)11-14(3)23-27)24(5)21(29)26(19(17)28)12-16-9-7-8-13(2)10-16/h7-11,17-18H,6,12H2,1-5H3. The number of amides is 3. The molecule has 4 rings (SSSR count). The first kappa shape index (κ1) is 19.2. The number of hydrogen-bond acceptors (Lipinski definition) is 5. The van der Waals surface area contributed by atoms with Gasteiger partial charge < -0.3 is 9.80 Å². The molecule has 8 heteroatoms. The maximum atomic E-state index is 13.4. The normalized spacial score (nSPS) is 21.7. The van der Waals surface area contributed by atoms with Gasteiger partial charge in [-0.05, 0) is 39.3 Å². The molecule has 0 spiro atoms. The molecule has 2 aromatic rings. The van der Waals surface area contributed by atoms with Crippen LogP contribution in [0.3, 0.4) is 0 Å². The summed E-state index contributed by atoms with van der Waals surface area (Å²) in [6.07, 6.45) is -0.553. The highest BCUT2D eigenvalue weighted by atomic mass is 16.2. The highest BCUT2D eigenvalue weighted by molar-refractivity contribution is 6.04. The van der Waals surface area contributed by atoms with E-state index in [2.05, 4.69) is 5.10 Å². The summed E-state index contributed by atoms with van der Waals surface area (Å²) in [5, 5.41) is 4.53. The van der Waals surface area contributed by atoms with Gasteiger partial charge in [0.25, 0.3) is 5.91 Å². The van der Waals surface area contributed by atoms with Crippen LogP contribution in [0.5, 0.6) is 0 Å². The molecule has 0 aliphatic carbocycles. The molecule has 1 aromatic carbocycles. The third-order valence-electron chi connectivity index (χ3n) is 5.53. The van der Waals surface area contributed by atoms with Gasteiger partial charge in [-0.15, -0.1) is 0 Å². The van der Waals surface area contributed by atoms with Crippen LogP contribution in [0.15, 0.2) is 35.3 Å². The predicted octanol–water partition coefficient (Wildman–Crippen LogP) is 2.14. The molecular formula is C21H26N6O2. The quantitative estimate of drug-likeness (QED) is 0.799. The monoisotopic (exact) mass is 394 g/mol. The molecule has 8 nitrogen and oxygen atoms in total. The number of benzene rings is 1. The van der Waals surface area contributed by atoms with E-state index in [1.54, 1.807) is 16.6 Å². The van der Waals surface area contributed by atoms with Crippen molar-refractivity contribution >= 4 is 17.9 Å². The number of aryl methyl sites for hydroxylation is 3. The lowest BCUT2D eigenvalue weighted by Crippen LogP contribution is -2.64. The third-order valence-corrected chi connectivity index (χ3v) is 5.53. The molecule has 1 saturated heterocycles. The van der Waals surface area contributed by atoms with Crippen molar-refractivity contribution in [2.75, 3.05) is 13.6 Å². The number of likely N-dealkylation sites (N-methyl/N-ethyl adjacent to an activating group) is 2. The minimum atomic E-state index is -0.553. The van der Waals surface area contributed by atoms with Crippen LogP contribution in [-0.4, -0.2) is 68.2 Å². The molecule has 0 N–H and O–H groups in total. The Morgan fingerprint density at radius 3 is 2.48 bits per heavy atom. The van der Waals surface area contributed by atoms with Crippen LogP contribution in [0.2, 0.25) is 0 Å². The summed E-state index contributed by atoms with van der Waals surface area (Å²) in [5.74, 6) is 0.389. The van der Waals surface area contributed by atoms with E-state index in [-0.39, 0.29) is 18.5 Å². The van der Waals surface area contributed by atoms with E-state index in [0.717, 1.165) is 22.5 Å². The Kier molecular flexibility index (Phi) is 4.64. The van der Waals surface area contributed by atoms with E-state index >= 15 is 0 Å². The molecule has 1 fully saturated rings. The maximum Gasteiger partial charge on any atom is 0.328 e. The van der Waals surface area contributed by atoms with Crippen LogP contribution >= 0.6 is 0 Å². The zero-order valence-corrected chi connectivity index (χ0v) is 17.5. The number of urea groups is 1. The van der Waals surface area contributed by atoms with Crippen LogP contribution in [0.25, 0.3) is 0 Å². The fraction of sp³-hybridized carbons (Fsp3) is 0.429. The smallest absolute Gasteiger partial charge is 0.325 e. The molecule has 3 heterocycles. The Bertz CT molecular complexity index is 1010. The highest BCUT2D eigenvalue weighted by Crippen LogP contribution is 2.29. The Labute approximate surface area is 170 Å². The summed E-state index contributed by atoms with van der Waals surface area (Å²) >= 11 is 0. The lowest BCUT2D eigenvalue weighted by atomic mass is 10.1. The van der Waals surface area contributed by atoms with Gasteiger partial charge in [0.1, 0.15) is 0 Å². The number of carbonyl (C=O) groups is 2. The summed E-state index contributed by atoms with van der Waals surface area (Å²) in [6, 6.07) is 8.96. The van der Waals surface area contributed by atoms with Gasteiger partial charge in [0.2, 0.25) is 5.96 Å². The molecule has 2 unspecified atom stereocenters. The molecule has 0 bridgehead atoms. The summed E-state index contributed by atoms with van der Waals surface area (Å²) < 4.78 is 1.76. The van der Waals surface area contributed by atoms with Crippen LogP contribution in [0, 0.1) is 20.8 Å². The first-order valence-electron chi connectivity index (χ1n) is 9.83. The zero-order chi connectivity index (χ0) is 20.9. The average molecular weight is 394 g/mol. The van der Waals surface area contributed by atoms with Gasteiger partial charge in [0.15, 0.2) is 12.2 Å². The van der Waals surface area contributed by atoms with E-state index in [4.69, 9.17) is 4.99 Å². The number of carbonyl (C=O) groups excluding carboxylic acids is 2. The summed E-state index contributed by atoms with van der Waals surface area (Å²) in [5.41, 5.74) is 3.85. The van der Waals surface area contributed by atoms with E-state index < -0.39 is 12.2 Å². The summed E-state index contributed by atoms with van der Waals surface area (Å²) in [4.78, 5) is 36.0. The Morgan fingerprint density at radius 1 is 1.10 bits per heavy atom. The van der Waals surface area contributed by atoms with Crippen molar-refractivity contribution in [3.63, 3.8) is 0 Å². The van der Waals surface area contributed by atoms with Gasteiger partial charge in [-0.1, -0.05) is 29.8 Å². The second-order valence-corrected chi connectivity index (χ2v) is 7.72. The molecule has 0 saturated carbocycles. The largest absolute Gasteiger partial charge is 0.328 e. The number of imide groups is 1. The minimum absolute atomic E-state index is 0.221. The second kappa shape index (κ2) is 7.02. The van der Waals surface area contributed by atoms with Gasteiger partial charge in [0.05, 0.1) is 12.2 Å². The van der Waals surface area contributed by atoms with E-state index in [9.17, 15) is 9.59 Å². The third kappa shape index (κ3) is 3.08. The summed E-state index contributed by atoms with van der Waals surface area (Å²) in [7, 11) is 1.71. The molecule has 1 aromatic heterocycles. The first-order chi connectivity index (χ1) is 13.8. The molecule has 152 valence electrons. The maximum absolute atomic E-state index is 13.4.